The molecule has 0 saturated carbocycles. The van der Waals surface area contributed by atoms with Crippen LogP contribution in [0.5, 0.6) is 5.75 Å². The van der Waals surface area contributed by atoms with Crippen molar-refractivity contribution in [3.8, 4) is 5.75 Å². The van der Waals surface area contributed by atoms with E-state index in [2.05, 4.69) is 5.32 Å². The number of hydrogen-bond donors (Lipinski definition) is 1. The summed E-state index contributed by atoms with van der Waals surface area (Å²) < 4.78 is 5.98. The van der Waals surface area contributed by atoms with Gasteiger partial charge in [0.05, 0.1) is 10.0 Å². The number of rotatable bonds is 6. The monoisotopic (exact) mass is 439 g/mol. The largest absolute Gasteiger partial charge is 0.489 e. The van der Waals surface area contributed by atoms with E-state index < -0.39 is 0 Å². The smallest absolute Gasteiger partial charge is 0.124 e. The Bertz CT molecular complexity index is 959. The number of aryl methyl sites for hydroxylation is 1. The molecule has 0 amide bonds. The Morgan fingerprint density at radius 1 is 0.815 bits per heavy atom. The molecule has 0 atom stereocenters. The average Bonchev–Trinajstić information content (AvgIpc) is 2.64. The van der Waals surface area contributed by atoms with Crippen LogP contribution >= 0.6 is 46.4 Å². The fraction of sp³-hybridized carbons (Fsp3) is 0.143. The van der Waals surface area contributed by atoms with Crippen LogP contribution in [0.2, 0.25) is 20.1 Å². The molecule has 0 aromatic heterocycles. The molecular formula is C21H17Cl4NO. The first-order valence-corrected chi connectivity index (χ1v) is 9.79. The molecule has 3 aromatic carbocycles. The van der Waals surface area contributed by atoms with Gasteiger partial charge >= 0.3 is 0 Å². The van der Waals surface area contributed by atoms with Gasteiger partial charge in [-0.15, -0.1) is 0 Å². The van der Waals surface area contributed by atoms with Crippen LogP contribution in [0.3, 0.4) is 0 Å². The van der Waals surface area contributed by atoms with E-state index in [4.69, 9.17) is 51.1 Å². The van der Waals surface area contributed by atoms with Crippen molar-refractivity contribution in [3.63, 3.8) is 0 Å². The van der Waals surface area contributed by atoms with Gasteiger partial charge in [-0.3, -0.25) is 0 Å². The Kier molecular flexibility index (Phi) is 6.78. The maximum atomic E-state index is 6.19. The summed E-state index contributed by atoms with van der Waals surface area (Å²) in [5, 5.41) is 5.75. The van der Waals surface area contributed by atoms with E-state index in [1.165, 1.54) is 0 Å². The summed E-state index contributed by atoms with van der Waals surface area (Å²) >= 11 is 24.4. The molecule has 0 fully saturated rings. The standard InChI is InChI=1S/C21H17Cl4NO/c1-13-2-5-17(10-19(13)24)26-11-15-9-16(22)4-7-21(15)27-12-14-3-6-18(23)20(25)8-14/h2-10,26H,11-12H2,1H3. The molecule has 0 unspecified atom stereocenters. The molecule has 0 heterocycles. The van der Waals surface area contributed by atoms with Crippen LogP contribution in [0.1, 0.15) is 16.7 Å². The molecule has 0 aliphatic rings. The second kappa shape index (κ2) is 9.07. The minimum atomic E-state index is 0.377. The maximum Gasteiger partial charge on any atom is 0.124 e. The summed E-state index contributed by atoms with van der Waals surface area (Å²) in [4.78, 5) is 0. The second-order valence-corrected chi connectivity index (χ2v) is 7.76. The highest BCUT2D eigenvalue weighted by atomic mass is 35.5. The van der Waals surface area contributed by atoms with Crippen molar-refractivity contribution < 1.29 is 4.74 Å². The van der Waals surface area contributed by atoms with Crippen molar-refractivity contribution >= 4 is 52.1 Å². The van der Waals surface area contributed by atoms with Crippen molar-refractivity contribution in [2.24, 2.45) is 0 Å². The van der Waals surface area contributed by atoms with Crippen LogP contribution < -0.4 is 10.1 Å². The summed E-state index contributed by atoms with van der Waals surface area (Å²) in [6, 6.07) is 16.9. The Labute approximate surface area is 179 Å². The first kappa shape index (κ1) is 20.2. The number of benzene rings is 3. The van der Waals surface area contributed by atoms with Gasteiger partial charge in [0.1, 0.15) is 12.4 Å². The minimum Gasteiger partial charge on any atom is -0.489 e. The second-order valence-electron chi connectivity index (χ2n) is 6.11. The molecule has 0 aliphatic heterocycles. The van der Waals surface area contributed by atoms with E-state index in [9.17, 15) is 0 Å². The van der Waals surface area contributed by atoms with Crippen LogP contribution in [0.15, 0.2) is 54.6 Å². The molecule has 6 heteroatoms. The summed E-state index contributed by atoms with van der Waals surface area (Å²) in [5.41, 5.74) is 3.85. The van der Waals surface area contributed by atoms with Crippen LogP contribution in [-0.2, 0) is 13.2 Å². The molecule has 0 spiro atoms. The fourth-order valence-electron chi connectivity index (χ4n) is 2.52. The SMILES string of the molecule is Cc1ccc(NCc2cc(Cl)ccc2OCc2ccc(Cl)c(Cl)c2)cc1Cl. The van der Waals surface area contributed by atoms with Crippen LogP contribution in [-0.4, -0.2) is 0 Å². The van der Waals surface area contributed by atoms with Crippen molar-refractivity contribution in [1.29, 1.82) is 0 Å². The van der Waals surface area contributed by atoms with Gasteiger partial charge in [-0.2, -0.15) is 0 Å². The molecule has 0 radical (unpaired) electrons. The number of hydrogen-bond acceptors (Lipinski definition) is 2. The van der Waals surface area contributed by atoms with Crippen molar-refractivity contribution in [2.45, 2.75) is 20.1 Å². The van der Waals surface area contributed by atoms with E-state index >= 15 is 0 Å². The predicted molar refractivity (Wildman–Crippen MR) is 116 cm³/mol. The zero-order valence-corrected chi connectivity index (χ0v) is 17.6. The first-order chi connectivity index (χ1) is 12.9. The highest BCUT2D eigenvalue weighted by Crippen LogP contribution is 2.27. The third-order valence-corrected chi connectivity index (χ3v) is 5.44. The third-order valence-electron chi connectivity index (χ3n) is 4.06. The van der Waals surface area contributed by atoms with Gasteiger partial charge in [0.2, 0.25) is 0 Å². The number of nitrogens with one attached hydrogen (secondary N) is 1. The average molecular weight is 441 g/mol. The zero-order valence-electron chi connectivity index (χ0n) is 14.5. The lowest BCUT2D eigenvalue weighted by molar-refractivity contribution is 0.303. The van der Waals surface area contributed by atoms with Gasteiger partial charge in [0.15, 0.2) is 0 Å². The van der Waals surface area contributed by atoms with Crippen LogP contribution in [0.4, 0.5) is 5.69 Å². The van der Waals surface area contributed by atoms with E-state index in [1.54, 1.807) is 18.2 Å². The molecule has 27 heavy (non-hydrogen) atoms. The van der Waals surface area contributed by atoms with Gasteiger partial charge < -0.3 is 10.1 Å². The summed E-state index contributed by atoms with van der Waals surface area (Å²) in [6.07, 6.45) is 0. The highest BCUT2D eigenvalue weighted by Gasteiger charge is 2.07. The van der Waals surface area contributed by atoms with Gasteiger partial charge in [0, 0.05) is 27.8 Å². The Morgan fingerprint density at radius 3 is 2.37 bits per heavy atom. The van der Waals surface area contributed by atoms with Crippen LogP contribution in [0, 0.1) is 6.92 Å². The van der Waals surface area contributed by atoms with Gasteiger partial charge in [-0.1, -0.05) is 58.5 Å². The Balaban J connectivity index is 1.72. The maximum absolute atomic E-state index is 6.19. The molecule has 0 aliphatic carbocycles. The number of halogens is 4. The van der Waals surface area contributed by atoms with E-state index in [1.807, 2.05) is 43.3 Å². The molecule has 2 nitrogen and oxygen atoms in total. The summed E-state index contributed by atoms with van der Waals surface area (Å²) in [7, 11) is 0. The van der Waals surface area contributed by atoms with Crippen LogP contribution in [0.25, 0.3) is 0 Å². The zero-order chi connectivity index (χ0) is 19.4. The Morgan fingerprint density at radius 2 is 1.63 bits per heavy atom. The van der Waals surface area contributed by atoms with E-state index in [0.717, 1.165) is 33.1 Å². The van der Waals surface area contributed by atoms with E-state index in [0.29, 0.717) is 28.2 Å². The molecule has 3 rings (SSSR count). The third kappa shape index (κ3) is 5.46. The Hall–Kier alpha value is -1.58. The quantitative estimate of drug-likeness (QED) is 0.422. The molecule has 0 bridgehead atoms. The lowest BCUT2D eigenvalue weighted by Crippen LogP contribution is -2.04. The van der Waals surface area contributed by atoms with Crippen molar-refractivity contribution in [2.75, 3.05) is 5.32 Å². The van der Waals surface area contributed by atoms with Crippen molar-refractivity contribution in [1.82, 2.24) is 0 Å². The normalized spacial score (nSPS) is 10.7. The first-order valence-electron chi connectivity index (χ1n) is 8.27. The lowest BCUT2D eigenvalue weighted by Gasteiger charge is -2.14. The van der Waals surface area contributed by atoms with E-state index in [-0.39, 0.29) is 0 Å². The number of anilines is 1. The minimum absolute atomic E-state index is 0.377. The number of ether oxygens (including phenoxy) is 1. The lowest BCUT2D eigenvalue weighted by atomic mass is 10.1. The molecule has 0 saturated heterocycles. The summed E-state index contributed by atoms with van der Waals surface area (Å²) in [6.45, 7) is 2.90. The molecule has 140 valence electrons. The highest BCUT2D eigenvalue weighted by molar-refractivity contribution is 6.42. The molecular weight excluding hydrogens is 424 g/mol. The predicted octanol–water partition coefficient (Wildman–Crippen LogP) is 7.80. The molecule has 1 N–H and O–H groups in total. The topological polar surface area (TPSA) is 21.3 Å². The van der Waals surface area contributed by atoms with Gasteiger partial charge in [-0.25, -0.2) is 0 Å². The summed E-state index contributed by atoms with van der Waals surface area (Å²) in [5.74, 6) is 0.746. The van der Waals surface area contributed by atoms with Crippen molar-refractivity contribution in [3.05, 3.63) is 91.4 Å². The van der Waals surface area contributed by atoms with Gasteiger partial charge in [0.25, 0.3) is 0 Å². The fourth-order valence-corrected chi connectivity index (χ4v) is 3.21. The van der Waals surface area contributed by atoms with Gasteiger partial charge in [-0.05, 0) is 60.5 Å². The molecule has 3 aromatic rings.